The van der Waals surface area contributed by atoms with E-state index in [1.807, 2.05) is 11.3 Å². The van der Waals surface area contributed by atoms with Gasteiger partial charge in [-0.25, -0.2) is 0 Å². The minimum atomic E-state index is 0.472. The summed E-state index contributed by atoms with van der Waals surface area (Å²) in [5, 5.41) is 2.16. The average Bonchev–Trinajstić information content (AvgIpc) is 3.11. The van der Waals surface area contributed by atoms with Crippen LogP contribution in [0.1, 0.15) is 24.1 Å². The number of piperidine rings is 1. The van der Waals surface area contributed by atoms with Crippen LogP contribution in [0.2, 0.25) is 0 Å². The molecule has 1 atom stereocenters. The Balaban J connectivity index is 1.34. The summed E-state index contributed by atoms with van der Waals surface area (Å²) in [5.41, 5.74) is 0. The number of likely N-dealkylation sites (tertiary alicyclic amines) is 1. The minimum Gasteiger partial charge on any atom is -0.381 e. The fourth-order valence-corrected chi connectivity index (χ4v) is 3.59. The molecule has 4 heteroatoms. The maximum absolute atomic E-state index is 6.05. The van der Waals surface area contributed by atoms with E-state index in [1.165, 1.54) is 37.2 Å². The van der Waals surface area contributed by atoms with Crippen LogP contribution in [-0.2, 0) is 16.0 Å². The van der Waals surface area contributed by atoms with Crippen LogP contribution in [0.4, 0.5) is 0 Å². The van der Waals surface area contributed by atoms with E-state index in [9.17, 15) is 0 Å². The quantitative estimate of drug-likeness (QED) is 0.828. The highest BCUT2D eigenvalue weighted by molar-refractivity contribution is 7.09. The second-order valence-electron chi connectivity index (χ2n) is 5.62. The molecule has 1 aromatic rings. The highest BCUT2D eigenvalue weighted by atomic mass is 32.1. The van der Waals surface area contributed by atoms with Crippen molar-refractivity contribution in [3.63, 3.8) is 0 Å². The summed E-state index contributed by atoms with van der Waals surface area (Å²) in [7, 11) is 0. The second-order valence-corrected chi connectivity index (χ2v) is 6.65. The zero-order valence-corrected chi connectivity index (χ0v) is 12.2. The van der Waals surface area contributed by atoms with Crippen molar-refractivity contribution in [3.8, 4) is 0 Å². The molecule has 2 fully saturated rings. The van der Waals surface area contributed by atoms with E-state index < -0.39 is 0 Å². The summed E-state index contributed by atoms with van der Waals surface area (Å²) < 4.78 is 11.4. The Bertz CT molecular complexity index is 354. The molecule has 1 unspecified atom stereocenters. The van der Waals surface area contributed by atoms with Crippen LogP contribution in [0.15, 0.2) is 17.5 Å². The predicted octanol–water partition coefficient (Wildman–Crippen LogP) is 2.77. The summed E-state index contributed by atoms with van der Waals surface area (Å²) >= 11 is 1.86. The lowest BCUT2D eigenvalue weighted by Crippen LogP contribution is -2.37. The molecule has 3 rings (SSSR count). The number of hydrogen-bond donors (Lipinski definition) is 0. The first-order chi connectivity index (χ1) is 9.40. The lowest BCUT2D eigenvalue weighted by molar-refractivity contribution is -0.0115. The number of hydrogen-bond acceptors (Lipinski definition) is 4. The fourth-order valence-electron chi connectivity index (χ4n) is 2.84. The van der Waals surface area contributed by atoms with Gasteiger partial charge in [0.1, 0.15) is 0 Å². The maximum atomic E-state index is 6.05. The lowest BCUT2D eigenvalue weighted by Gasteiger charge is -2.32. The Morgan fingerprint density at radius 3 is 2.89 bits per heavy atom. The molecule has 2 aliphatic rings. The molecule has 0 aliphatic carbocycles. The summed E-state index contributed by atoms with van der Waals surface area (Å²) in [6, 6.07) is 4.37. The molecule has 0 saturated carbocycles. The molecule has 106 valence electrons. The smallest absolute Gasteiger partial charge is 0.0599 e. The van der Waals surface area contributed by atoms with Gasteiger partial charge >= 0.3 is 0 Å². The highest BCUT2D eigenvalue weighted by Crippen LogP contribution is 2.20. The van der Waals surface area contributed by atoms with Crippen LogP contribution in [0.5, 0.6) is 0 Å². The standard InChI is InChI=1S/C15H23NO2S/c1-2-15(19-9-1)10-16-6-3-14(4-7-16)18-12-13-5-8-17-11-13/h1-2,9,13-14H,3-8,10-12H2. The molecular formula is C15H23NO2S. The number of ether oxygens (including phenoxy) is 2. The molecule has 0 radical (unpaired) electrons. The van der Waals surface area contributed by atoms with E-state index in [0.29, 0.717) is 12.0 Å². The third-order valence-electron chi connectivity index (χ3n) is 4.09. The van der Waals surface area contributed by atoms with E-state index >= 15 is 0 Å². The van der Waals surface area contributed by atoms with Crippen molar-refractivity contribution >= 4 is 11.3 Å². The Morgan fingerprint density at radius 2 is 2.21 bits per heavy atom. The van der Waals surface area contributed by atoms with Gasteiger partial charge in [0.15, 0.2) is 0 Å². The Kier molecular flexibility index (Phi) is 4.88. The van der Waals surface area contributed by atoms with Gasteiger partial charge in [-0.1, -0.05) is 6.07 Å². The molecule has 0 bridgehead atoms. The minimum absolute atomic E-state index is 0.472. The van der Waals surface area contributed by atoms with Gasteiger partial charge in [-0.05, 0) is 30.7 Å². The first kappa shape index (κ1) is 13.6. The molecule has 2 saturated heterocycles. The van der Waals surface area contributed by atoms with Crippen molar-refractivity contribution in [2.24, 2.45) is 5.92 Å². The maximum Gasteiger partial charge on any atom is 0.0599 e. The number of rotatable bonds is 5. The van der Waals surface area contributed by atoms with E-state index in [0.717, 1.165) is 26.4 Å². The summed E-state index contributed by atoms with van der Waals surface area (Å²) in [6.07, 6.45) is 4.01. The first-order valence-electron chi connectivity index (χ1n) is 7.34. The largest absolute Gasteiger partial charge is 0.381 e. The van der Waals surface area contributed by atoms with Gasteiger partial charge in [-0.2, -0.15) is 0 Å². The van der Waals surface area contributed by atoms with Gasteiger partial charge in [0, 0.05) is 37.0 Å². The van der Waals surface area contributed by atoms with Crippen LogP contribution < -0.4 is 0 Å². The first-order valence-corrected chi connectivity index (χ1v) is 8.22. The molecule has 3 nitrogen and oxygen atoms in total. The second kappa shape index (κ2) is 6.84. The van der Waals surface area contributed by atoms with E-state index in [2.05, 4.69) is 22.4 Å². The number of nitrogens with zero attached hydrogens (tertiary/aromatic N) is 1. The summed E-state index contributed by atoms with van der Waals surface area (Å²) in [5.74, 6) is 0.643. The van der Waals surface area contributed by atoms with Crippen molar-refractivity contribution in [1.82, 2.24) is 4.90 Å². The molecule has 0 spiro atoms. The van der Waals surface area contributed by atoms with E-state index in [1.54, 1.807) is 0 Å². The number of thiophene rings is 1. The zero-order chi connectivity index (χ0) is 12.9. The predicted molar refractivity (Wildman–Crippen MR) is 77.5 cm³/mol. The molecular weight excluding hydrogens is 258 g/mol. The molecule has 1 aromatic heterocycles. The third kappa shape index (κ3) is 4.02. The monoisotopic (exact) mass is 281 g/mol. The van der Waals surface area contributed by atoms with Gasteiger partial charge in [0.25, 0.3) is 0 Å². The average molecular weight is 281 g/mol. The molecule has 0 aromatic carbocycles. The van der Waals surface area contributed by atoms with Gasteiger partial charge < -0.3 is 9.47 Å². The van der Waals surface area contributed by atoms with Gasteiger partial charge in [0.05, 0.1) is 19.3 Å². The lowest BCUT2D eigenvalue weighted by atomic mass is 10.1. The molecule has 19 heavy (non-hydrogen) atoms. The third-order valence-corrected chi connectivity index (χ3v) is 4.95. The van der Waals surface area contributed by atoms with Crippen molar-refractivity contribution in [2.75, 3.05) is 32.9 Å². The van der Waals surface area contributed by atoms with Crippen LogP contribution in [-0.4, -0.2) is 43.9 Å². The normalized spacial score (nSPS) is 26.0. The molecule has 3 heterocycles. The molecule has 0 N–H and O–H groups in total. The Labute approximate surface area is 119 Å². The molecule has 2 aliphatic heterocycles. The summed E-state index contributed by atoms with van der Waals surface area (Å²) in [6.45, 7) is 6.18. The van der Waals surface area contributed by atoms with Crippen molar-refractivity contribution < 1.29 is 9.47 Å². The Hall–Kier alpha value is -0.420. The van der Waals surface area contributed by atoms with Gasteiger partial charge in [0.2, 0.25) is 0 Å². The topological polar surface area (TPSA) is 21.7 Å². The van der Waals surface area contributed by atoms with Gasteiger partial charge in [-0.15, -0.1) is 11.3 Å². The van der Waals surface area contributed by atoms with Crippen molar-refractivity contribution in [2.45, 2.75) is 31.9 Å². The van der Waals surface area contributed by atoms with Crippen LogP contribution in [0.3, 0.4) is 0 Å². The summed E-state index contributed by atoms with van der Waals surface area (Å²) in [4.78, 5) is 4.02. The van der Waals surface area contributed by atoms with Crippen LogP contribution in [0.25, 0.3) is 0 Å². The molecule has 0 amide bonds. The fraction of sp³-hybridized carbons (Fsp3) is 0.733. The van der Waals surface area contributed by atoms with Crippen LogP contribution >= 0.6 is 11.3 Å². The SMILES string of the molecule is c1csc(CN2CCC(OCC3CCOC3)CC2)c1. The van der Waals surface area contributed by atoms with E-state index in [4.69, 9.17) is 9.47 Å². The van der Waals surface area contributed by atoms with Crippen molar-refractivity contribution in [1.29, 1.82) is 0 Å². The highest BCUT2D eigenvalue weighted by Gasteiger charge is 2.22. The Morgan fingerprint density at radius 1 is 1.32 bits per heavy atom. The van der Waals surface area contributed by atoms with Crippen LogP contribution in [0, 0.1) is 5.92 Å². The zero-order valence-electron chi connectivity index (χ0n) is 11.4. The van der Waals surface area contributed by atoms with Crippen molar-refractivity contribution in [3.05, 3.63) is 22.4 Å². The van der Waals surface area contributed by atoms with E-state index in [-0.39, 0.29) is 0 Å². The van der Waals surface area contributed by atoms with Gasteiger partial charge in [-0.3, -0.25) is 4.90 Å².